The van der Waals surface area contributed by atoms with Crippen LogP contribution in [0.1, 0.15) is 11.1 Å². The van der Waals surface area contributed by atoms with Gasteiger partial charge in [-0.05, 0) is 18.4 Å². The maximum atomic E-state index is 13.3. The van der Waals surface area contributed by atoms with Crippen molar-refractivity contribution in [3.05, 3.63) is 39.7 Å². The topological polar surface area (TPSA) is 78.8 Å². The average molecular weight is 341 g/mol. The first-order chi connectivity index (χ1) is 10.8. The number of thioether (sulfide) groups is 1. The fourth-order valence-electron chi connectivity index (χ4n) is 2.02. The van der Waals surface area contributed by atoms with Crippen molar-refractivity contribution in [1.29, 1.82) is 5.26 Å². The zero-order valence-corrected chi connectivity index (χ0v) is 12.8. The summed E-state index contributed by atoms with van der Waals surface area (Å²) in [7, 11) is 1.20. The van der Waals surface area contributed by atoms with Crippen LogP contribution in [-0.2, 0) is 6.18 Å². The summed E-state index contributed by atoms with van der Waals surface area (Å²) in [5, 5.41) is 9.24. The van der Waals surface area contributed by atoms with Crippen molar-refractivity contribution in [2.24, 2.45) is 0 Å². The van der Waals surface area contributed by atoms with Gasteiger partial charge in [0, 0.05) is 0 Å². The molecule has 0 aliphatic rings. The first-order valence-corrected chi connectivity index (χ1v) is 7.39. The Labute approximate surface area is 133 Å². The molecule has 0 aliphatic heterocycles. The maximum Gasteiger partial charge on any atom is 0.417 e. The second-order valence-corrected chi connectivity index (χ2v) is 5.09. The highest BCUT2D eigenvalue weighted by Crippen LogP contribution is 2.42. The molecule has 5 nitrogen and oxygen atoms in total. The van der Waals surface area contributed by atoms with Gasteiger partial charge in [0.2, 0.25) is 0 Å². The van der Waals surface area contributed by atoms with E-state index in [0.717, 1.165) is 17.8 Å². The summed E-state index contributed by atoms with van der Waals surface area (Å²) >= 11 is 1.04. The fourth-order valence-corrected chi connectivity index (χ4v) is 2.39. The number of alkyl halides is 3. The number of hydrogen-bond acceptors (Lipinski definition) is 5. The molecule has 1 aromatic heterocycles. The maximum absolute atomic E-state index is 13.3. The molecule has 1 N–H and O–H groups in total. The molecule has 0 bridgehead atoms. The zero-order chi connectivity index (χ0) is 17.2. The van der Waals surface area contributed by atoms with Crippen LogP contribution in [0.2, 0.25) is 0 Å². The van der Waals surface area contributed by atoms with Crippen LogP contribution >= 0.6 is 11.8 Å². The zero-order valence-electron chi connectivity index (χ0n) is 12.0. The van der Waals surface area contributed by atoms with Crippen molar-refractivity contribution in [3.8, 4) is 23.1 Å². The van der Waals surface area contributed by atoms with Gasteiger partial charge in [-0.15, -0.1) is 0 Å². The SMILES string of the molecule is COc1cccc(C(F)(F)F)c1-c1nc(SC)[nH]c(=O)c1C#N. The van der Waals surface area contributed by atoms with Crippen molar-refractivity contribution in [1.82, 2.24) is 9.97 Å². The minimum Gasteiger partial charge on any atom is -0.496 e. The number of aromatic nitrogens is 2. The number of H-pyrrole nitrogens is 1. The Morgan fingerprint density at radius 2 is 2.09 bits per heavy atom. The number of hydrogen-bond donors (Lipinski definition) is 1. The van der Waals surface area contributed by atoms with Gasteiger partial charge in [-0.25, -0.2) is 4.98 Å². The molecule has 1 heterocycles. The lowest BCUT2D eigenvalue weighted by atomic mass is 9.99. The van der Waals surface area contributed by atoms with Crippen LogP contribution < -0.4 is 10.3 Å². The van der Waals surface area contributed by atoms with Crippen molar-refractivity contribution in [3.63, 3.8) is 0 Å². The molecule has 120 valence electrons. The van der Waals surface area contributed by atoms with Gasteiger partial charge in [-0.3, -0.25) is 4.79 Å². The Balaban J connectivity index is 2.95. The molecule has 9 heteroatoms. The van der Waals surface area contributed by atoms with E-state index in [1.165, 1.54) is 19.2 Å². The van der Waals surface area contributed by atoms with Crippen LogP contribution in [0.3, 0.4) is 0 Å². The van der Waals surface area contributed by atoms with Crippen molar-refractivity contribution < 1.29 is 17.9 Å². The molecule has 0 radical (unpaired) electrons. The minimum atomic E-state index is -4.69. The number of benzene rings is 1. The van der Waals surface area contributed by atoms with E-state index in [1.807, 2.05) is 0 Å². The van der Waals surface area contributed by atoms with E-state index in [-0.39, 0.29) is 16.6 Å². The highest BCUT2D eigenvalue weighted by atomic mass is 32.2. The molecule has 1 aromatic carbocycles. The third-order valence-corrected chi connectivity index (χ3v) is 3.57. The van der Waals surface area contributed by atoms with E-state index < -0.39 is 28.4 Å². The molecule has 2 aromatic rings. The van der Waals surface area contributed by atoms with Crippen LogP contribution in [0.25, 0.3) is 11.3 Å². The van der Waals surface area contributed by atoms with E-state index in [2.05, 4.69) is 9.97 Å². The predicted molar refractivity (Wildman–Crippen MR) is 78.3 cm³/mol. The predicted octanol–water partition coefficient (Wildman–Crippen LogP) is 3.06. The molecule has 2 rings (SSSR count). The number of aromatic amines is 1. The van der Waals surface area contributed by atoms with Crippen molar-refractivity contribution in [2.75, 3.05) is 13.4 Å². The van der Waals surface area contributed by atoms with E-state index in [4.69, 9.17) is 10.00 Å². The summed E-state index contributed by atoms with van der Waals surface area (Å²) in [6.07, 6.45) is -3.10. The van der Waals surface area contributed by atoms with Crippen LogP contribution in [0.15, 0.2) is 28.2 Å². The van der Waals surface area contributed by atoms with Gasteiger partial charge in [-0.2, -0.15) is 18.4 Å². The van der Waals surface area contributed by atoms with Crippen molar-refractivity contribution >= 4 is 11.8 Å². The Morgan fingerprint density at radius 3 is 2.61 bits per heavy atom. The van der Waals surface area contributed by atoms with Gasteiger partial charge in [0.05, 0.1) is 18.2 Å². The summed E-state index contributed by atoms with van der Waals surface area (Å²) in [6.45, 7) is 0. The van der Waals surface area contributed by atoms with Gasteiger partial charge in [-0.1, -0.05) is 17.8 Å². The van der Waals surface area contributed by atoms with E-state index in [9.17, 15) is 18.0 Å². The lowest BCUT2D eigenvalue weighted by molar-refractivity contribution is -0.137. The van der Waals surface area contributed by atoms with Gasteiger partial charge in [0.15, 0.2) is 5.16 Å². The molecule has 0 aliphatic carbocycles. The second-order valence-electron chi connectivity index (χ2n) is 4.29. The first-order valence-electron chi connectivity index (χ1n) is 6.16. The standard InChI is InChI=1S/C14H10F3N3O2S/c1-22-9-5-3-4-8(14(15,16)17)10(9)11-7(6-18)12(21)20-13(19-11)23-2/h3-5H,1-2H3,(H,19,20,21). The van der Waals surface area contributed by atoms with Gasteiger partial charge >= 0.3 is 6.18 Å². The number of nitrogens with one attached hydrogen (secondary N) is 1. The number of halogens is 3. The number of nitrogens with zero attached hydrogens (tertiary/aromatic N) is 2. The van der Waals surface area contributed by atoms with Crippen LogP contribution in [-0.4, -0.2) is 23.3 Å². The first kappa shape index (κ1) is 16.9. The average Bonchev–Trinajstić information content (AvgIpc) is 2.52. The normalized spacial score (nSPS) is 11.1. The molecule has 0 spiro atoms. The van der Waals surface area contributed by atoms with Gasteiger partial charge in [0.25, 0.3) is 5.56 Å². The third-order valence-electron chi connectivity index (χ3n) is 2.99. The highest BCUT2D eigenvalue weighted by molar-refractivity contribution is 7.98. The van der Waals surface area contributed by atoms with E-state index in [1.54, 1.807) is 12.3 Å². The summed E-state index contributed by atoms with van der Waals surface area (Å²) < 4.78 is 44.9. The quantitative estimate of drug-likeness (QED) is 0.686. The molecule has 0 saturated heterocycles. The largest absolute Gasteiger partial charge is 0.496 e. The lowest BCUT2D eigenvalue weighted by Gasteiger charge is -2.16. The molecule has 0 amide bonds. The van der Waals surface area contributed by atoms with Gasteiger partial charge < -0.3 is 9.72 Å². The Kier molecular flexibility index (Phi) is 4.65. The Hall–Kier alpha value is -2.47. The summed E-state index contributed by atoms with van der Waals surface area (Å²) in [6, 6.07) is 4.95. The second kappa shape index (κ2) is 6.34. The molecular weight excluding hydrogens is 331 g/mol. The molecule has 0 atom stereocenters. The van der Waals surface area contributed by atoms with Crippen LogP contribution in [0.4, 0.5) is 13.2 Å². The molecule has 0 unspecified atom stereocenters. The molecule has 0 fully saturated rings. The lowest BCUT2D eigenvalue weighted by Crippen LogP contribution is -2.17. The van der Waals surface area contributed by atoms with E-state index in [0.29, 0.717) is 0 Å². The number of methoxy groups -OCH3 is 1. The Bertz CT molecular complexity index is 841. The van der Waals surface area contributed by atoms with Gasteiger partial charge in [0.1, 0.15) is 23.1 Å². The molecule has 0 saturated carbocycles. The Morgan fingerprint density at radius 1 is 1.39 bits per heavy atom. The summed E-state index contributed by atoms with van der Waals surface area (Å²) in [4.78, 5) is 18.2. The monoisotopic (exact) mass is 341 g/mol. The summed E-state index contributed by atoms with van der Waals surface area (Å²) in [5.41, 5.74) is -3.12. The molecule has 23 heavy (non-hydrogen) atoms. The fraction of sp³-hybridized carbons (Fsp3) is 0.214. The number of rotatable bonds is 3. The number of ether oxygens (including phenoxy) is 1. The minimum absolute atomic E-state index is 0.100. The van der Waals surface area contributed by atoms with Crippen LogP contribution in [0.5, 0.6) is 5.75 Å². The third kappa shape index (κ3) is 3.17. The van der Waals surface area contributed by atoms with Crippen LogP contribution in [0, 0.1) is 11.3 Å². The van der Waals surface area contributed by atoms with Crippen molar-refractivity contribution in [2.45, 2.75) is 11.3 Å². The number of nitriles is 1. The van der Waals surface area contributed by atoms with E-state index >= 15 is 0 Å². The molecular formula is C14H10F3N3O2S. The highest BCUT2D eigenvalue weighted by Gasteiger charge is 2.36. The summed E-state index contributed by atoms with van der Waals surface area (Å²) in [5.74, 6) is -0.124. The smallest absolute Gasteiger partial charge is 0.417 e.